The molecule has 2 rings (SSSR count). The van der Waals surface area contributed by atoms with Crippen LogP contribution in [0.2, 0.25) is 0 Å². The molecule has 0 aliphatic heterocycles. The highest BCUT2D eigenvalue weighted by molar-refractivity contribution is 5.95. The highest BCUT2D eigenvalue weighted by atomic mass is 16.5. The second kappa shape index (κ2) is 6.92. The number of benzene rings is 1. The maximum absolute atomic E-state index is 8.61. The molecule has 0 saturated heterocycles. The SMILES string of the molecule is COc1cccc2c(NCCOCCO)nccc12. The maximum Gasteiger partial charge on any atom is 0.134 e. The van der Waals surface area contributed by atoms with E-state index in [1.165, 1.54) is 0 Å². The summed E-state index contributed by atoms with van der Waals surface area (Å²) in [5, 5.41) is 13.9. The fourth-order valence-electron chi connectivity index (χ4n) is 1.91. The van der Waals surface area contributed by atoms with E-state index >= 15 is 0 Å². The maximum atomic E-state index is 8.61. The first-order valence-corrected chi connectivity index (χ1v) is 6.21. The molecule has 0 spiro atoms. The zero-order chi connectivity index (χ0) is 13.5. The standard InChI is InChI=1S/C14H18N2O3/c1-18-13-4-2-3-12-11(13)5-6-15-14(12)16-7-9-19-10-8-17/h2-6,17H,7-10H2,1H3,(H,15,16). The van der Waals surface area contributed by atoms with Crippen LogP contribution in [-0.2, 0) is 4.74 Å². The minimum Gasteiger partial charge on any atom is -0.496 e. The van der Waals surface area contributed by atoms with E-state index in [1.807, 2.05) is 24.3 Å². The molecule has 0 amide bonds. The Hall–Kier alpha value is -1.85. The van der Waals surface area contributed by atoms with Crippen molar-refractivity contribution in [3.8, 4) is 5.75 Å². The zero-order valence-corrected chi connectivity index (χ0v) is 10.9. The van der Waals surface area contributed by atoms with Gasteiger partial charge < -0.3 is 19.9 Å². The van der Waals surface area contributed by atoms with Gasteiger partial charge >= 0.3 is 0 Å². The number of anilines is 1. The first-order valence-electron chi connectivity index (χ1n) is 6.21. The molecule has 0 atom stereocenters. The lowest BCUT2D eigenvalue weighted by molar-refractivity contribution is 0.0992. The lowest BCUT2D eigenvalue weighted by Gasteiger charge is -2.10. The minimum absolute atomic E-state index is 0.0454. The van der Waals surface area contributed by atoms with Crippen LogP contribution >= 0.6 is 0 Å². The van der Waals surface area contributed by atoms with Gasteiger partial charge in [-0.15, -0.1) is 0 Å². The molecule has 2 N–H and O–H groups in total. The van der Waals surface area contributed by atoms with Crippen molar-refractivity contribution >= 4 is 16.6 Å². The second-order valence-electron chi connectivity index (χ2n) is 3.98. The van der Waals surface area contributed by atoms with Crippen LogP contribution in [0.1, 0.15) is 0 Å². The van der Waals surface area contributed by atoms with Gasteiger partial charge in [0.25, 0.3) is 0 Å². The van der Waals surface area contributed by atoms with Gasteiger partial charge in [0.15, 0.2) is 0 Å². The van der Waals surface area contributed by atoms with E-state index in [-0.39, 0.29) is 6.61 Å². The molecule has 1 aromatic heterocycles. The topological polar surface area (TPSA) is 63.6 Å². The summed E-state index contributed by atoms with van der Waals surface area (Å²) in [5.74, 6) is 1.64. The van der Waals surface area contributed by atoms with Gasteiger partial charge in [-0.2, -0.15) is 0 Å². The Morgan fingerprint density at radius 1 is 1.21 bits per heavy atom. The largest absolute Gasteiger partial charge is 0.496 e. The predicted octanol–water partition coefficient (Wildman–Crippen LogP) is 1.66. The summed E-state index contributed by atoms with van der Waals surface area (Å²) in [6.07, 6.45) is 1.75. The van der Waals surface area contributed by atoms with E-state index < -0.39 is 0 Å². The van der Waals surface area contributed by atoms with Crippen LogP contribution in [0.15, 0.2) is 30.5 Å². The number of hydrogen-bond acceptors (Lipinski definition) is 5. The molecule has 0 unspecified atom stereocenters. The van der Waals surface area contributed by atoms with Gasteiger partial charge in [-0.25, -0.2) is 4.98 Å². The van der Waals surface area contributed by atoms with Gasteiger partial charge in [0.1, 0.15) is 11.6 Å². The number of nitrogens with zero attached hydrogens (tertiary/aromatic N) is 1. The third kappa shape index (κ3) is 3.33. The van der Waals surface area contributed by atoms with Crippen LogP contribution in [0.5, 0.6) is 5.75 Å². The van der Waals surface area contributed by atoms with Gasteiger partial charge in [-0.05, 0) is 12.1 Å². The van der Waals surface area contributed by atoms with Gasteiger partial charge in [-0.3, -0.25) is 0 Å². The van der Waals surface area contributed by atoms with Crippen LogP contribution in [0.25, 0.3) is 10.8 Å². The summed E-state index contributed by atoms with van der Waals surface area (Å²) < 4.78 is 10.5. The number of aromatic nitrogens is 1. The fraction of sp³-hybridized carbons (Fsp3) is 0.357. The number of aliphatic hydroxyl groups excluding tert-OH is 1. The third-order valence-corrected chi connectivity index (χ3v) is 2.76. The van der Waals surface area contributed by atoms with Gasteiger partial charge in [0.05, 0.1) is 26.9 Å². The number of nitrogens with one attached hydrogen (secondary N) is 1. The fourth-order valence-corrected chi connectivity index (χ4v) is 1.91. The first kappa shape index (κ1) is 13.6. The number of rotatable bonds is 7. The number of aliphatic hydroxyl groups is 1. The number of ether oxygens (including phenoxy) is 2. The lowest BCUT2D eigenvalue weighted by atomic mass is 10.1. The van der Waals surface area contributed by atoms with Crippen molar-refractivity contribution < 1.29 is 14.6 Å². The van der Waals surface area contributed by atoms with Crippen molar-refractivity contribution in [3.05, 3.63) is 30.5 Å². The molecule has 5 heteroatoms. The minimum atomic E-state index is 0.0454. The molecule has 0 saturated carbocycles. The molecular formula is C14H18N2O3. The molecule has 19 heavy (non-hydrogen) atoms. The van der Waals surface area contributed by atoms with Crippen molar-refractivity contribution in [2.45, 2.75) is 0 Å². The summed E-state index contributed by atoms with van der Waals surface area (Å²) >= 11 is 0. The van der Waals surface area contributed by atoms with E-state index in [2.05, 4.69) is 10.3 Å². The Kier molecular flexibility index (Phi) is 4.94. The highest BCUT2D eigenvalue weighted by Crippen LogP contribution is 2.28. The van der Waals surface area contributed by atoms with Crippen molar-refractivity contribution in [2.75, 3.05) is 38.8 Å². The molecule has 1 aromatic carbocycles. The second-order valence-corrected chi connectivity index (χ2v) is 3.98. The van der Waals surface area contributed by atoms with Crippen LogP contribution in [0, 0.1) is 0 Å². The zero-order valence-electron chi connectivity index (χ0n) is 10.9. The average Bonchev–Trinajstić information content (AvgIpc) is 2.46. The molecule has 5 nitrogen and oxygen atoms in total. The van der Waals surface area contributed by atoms with Gasteiger partial charge in [0, 0.05) is 23.5 Å². The summed E-state index contributed by atoms with van der Waals surface area (Å²) in [7, 11) is 1.66. The molecular weight excluding hydrogens is 244 g/mol. The van der Waals surface area contributed by atoms with E-state index in [0.717, 1.165) is 22.3 Å². The molecule has 2 aromatic rings. The normalized spacial score (nSPS) is 10.6. The molecule has 1 heterocycles. The monoisotopic (exact) mass is 262 g/mol. The molecule has 0 bridgehead atoms. The third-order valence-electron chi connectivity index (χ3n) is 2.76. The van der Waals surface area contributed by atoms with Crippen LogP contribution in [-0.4, -0.2) is 43.6 Å². The quantitative estimate of drug-likeness (QED) is 0.743. The van der Waals surface area contributed by atoms with E-state index in [1.54, 1.807) is 13.3 Å². The number of fused-ring (bicyclic) bond motifs is 1. The van der Waals surface area contributed by atoms with E-state index in [0.29, 0.717) is 19.8 Å². The van der Waals surface area contributed by atoms with Gasteiger partial charge in [0.2, 0.25) is 0 Å². The summed E-state index contributed by atoms with van der Waals surface area (Å²) in [5.41, 5.74) is 0. The van der Waals surface area contributed by atoms with Gasteiger partial charge in [-0.1, -0.05) is 12.1 Å². The Morgan fingerprint density at radius 2 is 2.11 bits per heavy atom. The number of methoxy groups -OCH3 is 1. The number of pyridine rings is 1. The molecule has 0 aliphatic rings. The Labute approximate surface area is 112 Å². The van der Waals surface area contributed by atoms with E-state index in [9.17, 15) is 0 Å². The van der Waals surface area contributed by atoms with Crippen molar-refractivity contribution in [1.29, 1.82) is 0 Å². The molecule has 102 valence electrons. The highest BCUT2D eigenvalue weighted by Gasteiger charge is 2.05. The van der Waals surface area contributed by atoms with Crippen LogP contribution in [0.3, 0.4) is 0 Å². The van der Waals surface area contributed by atoms with Crippen molar-refractivity contribution in [2.24, 2.45) is 0 Å². The Bertz CT molecular complexity index is 531. The van der Waals surface area contributed by atoms with Crippen LogP contribution < -0.4 is 10.1 Å². The summed E-state index contributed by atoms with van der Waals surface area (Å²) in [4.78, 5) is 4.33. The lowest BCUT2D eigenvalue weighted by Crippen LogP contribution is -2.12. The summed E-state index contributed by atoms with van der Waals surface area (Å²) in [6, 6.07) is 7.80. The predicted molar refractivity (Wildman–Crippen MR) is 74.7 cm³/mol. The molecule has 0 radical (unpaired) electrons. The van der Waals surface area contributed by atoms with Crippen LogP contribution in [0.4, 0.5) is 5.82 Å². The van der Waals surface area contributed by atoms with Crippen molar-refractivity contribution in [1.82, 2.24) is 4.98 Å². The number of hydrogen-bond donors (Lipinski definition) is 2. The first-order chi connectivity index (χ1) is 9.36. The Balaban J connectivity index is 2.10. The van der Waals surface area contributed by atoms with E-state index in [4.69, 9.17) is 14.6 Å². The molecule has 0 fully saturated rings. The summed E-state index contributed by atoms with van der Waals surface area (Å²) in [6.45, 7) is 1.58. The van der Waals surface area contributed by atoms with Crippen molar-refractivity contribution in [3.63, 3.8) is 0 Å². The molecule has 0 aliphatic carbocycles. The Morgan fingerprint density at radius 3 is 2.89 bits per heavy atom. The average molecular weight is 262 g/mol. The smallest absolute Gasteiger partial charge is 0.134 e.